The minimum absolute atomic E-state index is 0.597. The standard InChI is InChI=1S/C17H29N/c1-13(2)10-14(3)11-17(18-5)12-16-9-7-6-8-15(16)4/h6-9,13-14,17-18H,10-12H2,1-5H3. The largest absolute Gasteiger partial charge is 0.317 e. The van der Waals surface area contributed by atoms with Crippen LogP contribution in [0.4, 0.5) is 0 Å². The van der Waals surface area contributed by atoms with Gasteiger partial charge in [0, 0.05) is 6.04 Å². The van der Waals surface area contributed by atoms with E-state index in [2.05, 4.69) is 64.3 Å². The number of benzene rings is 1. The lowest BCUT2D eigenvalue weighted by Gasteiger charge is -2.22. The van der Waals surface area contributed by atoms with Gasteiger partial charge in [-0.1, -0.05) is 45.0 Å². The van der Waals surface area contributed by atoms with Crippen molar-refractivity contribution in [2.75, 3.05) is 7.05 Å². The zero-order valence-corrected chi connectivity index (χ0v) is 12.7. The highest BCUT2D eigenvalue weighted by molar-refractivity contribution is 5.26. The van der Waals surface area contributed by atoms with E-state index < -0.39 is 0 Å². The molecule has 102 valence electrons. The van der Waals surface area contributed by atoms with Crippen LogP contribution in [0.25, 0.3) is 0 Å². The molecule has 2 unspecified atom stereocenters. The molecule has 0 saturated heterocycles. The number of hydrogen-bond acceptors (Lipinski definition) is 1. The van der Waals surface area contributed by atoms with E-state index >= 15 is 0 Å². The molecule has 0 fully saturated rings. The lowest BCUT2D eigenvalue weighted by atomic mass is 9.89. The van der Waals surface area contributed by atoms with Gasteiger partial charge in [-0.2, -0.15) is 0 Å². The van der Waals surface area contributed by atoms with Crippen molar-refractivity contribution in [3.8, 4) is 0 Å². The van der Waals surface area contributed by atoms with Gasteiger partial charge in [-0.05, 0) is 56.2 Å². The molecule has 0 aromatic heterocycles. The number of likely N-dealkylation sites (N-methyl/N-ethyl adjacent to an activating group) is 1. The third kappa shape index (κ3) is 5.22. The molecule has 1 rings (SSSR count). The molecule has 0 heterocycles. The maximum Gasteiger partial charge on any atom is 0.0107 e. The van der Waals surface area contributed by atoms with Gasteiger partial charge in [-0.3, -0.25) is 0 Å². The van der Waals surface area contributed by atoms with Gasteiger partial charge in [0.1, 0.15) is 0 Å². The molecule has 0 amide bonds. The Morgan fingerprint density at radius 1 is 1.06 bits per heavy atom. The maximum absolute atomic E-state index is 3.48. The molecule has 2 atom stereocenters. The second kappa shape index (κ2) is 7.58. The first kappa shape index (κ1) is 15.2. The van der Waals surface area contributed by atoms with Crippen LogP contribution >= 0.6 is 0 Å². The average Bonchev–Trinajstić information content (AvgIpc) is 2.30. The van der Waals surface area contributed by atoms with E-state index in [0.29, 0.717) is 6.04 Å². The van der Waals surface area contributed by atoms with Crippen LogP contribution in [0.15, 0.2) is 24.3 Å². The predicted octanol–water partition coefficient (Wildman–Crippen LogP) is 4.20. The zero-order chi connectivity index (χ0) is 13.5. The van der Waals surface area contributed by atoms with Gasteiger partial charge < -0.3 is 5.32 Å². The zero-order valence-electron chi connectivity index (χ0n) is 12.7. The summed E-state index contributed by atoms with van der Waals surface area (Å²) in [6.07, 6.45) is 3.74. The van der Waals surface area contributed by atoms with Crippen molar-refractivity contribution in [2.24, 2.45) is 11.8 Å². The summed E-state index contributed by atoms with van der Waals surface area (Å²) >= 11 is 0. The van der Waals surface area contributed by atoms with Crippen LogP contribution < -0.4 is 5.32 Å². The highest BCUT2D eigenvalue weighted by Crippen LogP contribution is 2.19. The predicted molar refractivity (Wildman–Crippen MR) is 81.0 cm³/mol. The van der Waals surface area contributed by atoms with Crippen LogP contribution in [0.5, 0.6) is 0 Å². The Labute approximate surface area is 113 Å². The smallest absolute Gasteiger partial charge is 0.0107 e. The first-order valence-electron chi connectivity index (χ1n) is 7.24. The number of aryl methyl sites for hydroxylation is 1. The van der Waals surface area contributed by atoms with Crippen LogP contribution in [0, 0.1) is 18.8 Å². The Bertz CT molecular complexity index is 343. The number of rotatable bonds is 7. The average molecular weight is 247 g/mol. The van der Waals surface area contributed by atoms with E-state index in [0.717, 1.165) is 18.3 Å². The van der Waals surface area contributed by atoms with Gasteiger partial charge in [0.15, 0.2) is 0 Å². The van der Waals surface area contributed by atoms with Crippen LogP contribution in [-0.4, -0.2) is 13.1 Å². The molecule has 1 aromatic rings. The van der Waals surface area contributed by atoms with Crippen molar-refractivity contribution < 1.29 is 0 Å². The Morgan fingerprint density at radius 2 is 1.72 bits per heavy atom. The SMILES string of the molecule is CNC(Cc1ccccc1C)CC(C)CC(C)C. The summed E-state index contributed by atoms with van der Waals surface area (Å²) in [5.41, 5.74) is 2.89. The van der Waals surface area contributed by atoms with Crippen molar-refractivity contribution in [3.63, 3.8) is 0 Å². The summed E-state index contributed by atoms with van der Waals surface area (Å²) in [7, 11) is 2.09. The van der Waals surface area contributed by atoms with Crippen molar-refractivity contribution in [1.82, 2.24) is 5.32 Å². The highest BCUT2D eigenvalue weighted by Gasteiger charge is 2.14. The number of hydrogen-bond donors (Lipinski definition) is 1. The van der Waals surface area contributed by atoms with Crippen molar-refractivity contribution in [1.29, 1.82) is 0 Å². The van der Waals surface area contributed by atoms with Crippen molar-refractivity contribution in [3.05, 3.63) is 35.4 Å². The van der Waals surface area contributed by atoms with E-state index in [9.17, 15) is 0 Å². The first-order valence-corrected chi connectivity index (χ1v) is 7.24. The summed E-state index contributed by atoms with van der Waals surface area (Å²) in [5, 5.41) is 3.48. The summed E-state index contributed by atoms with van der Waals surface area (Å²) < 4.78 is 0. The molecule has 0 bridgehead atoms. The summed E-state index contributed by atoms with van der Waals surface area (Å²) in [4.78, 5) is 0. The summed E-state index contributed by atoms with van der Waals surface area (Å²) in [6.45, 7) is 9.21. The molecule has 1 heteroatoms. The van der Waals surface area contributed by atoms with Crippen LogP contribution in [0.2, 0.25) is 0 Å². The Kier molecular flexibility index (Phi) is 6.42. The fourth-order valence-electron chi connectivity index (χ4n) is 2.79. The lowest BCUT2D eigenvalue weighted by molar-refractivity contribution is 0.360. The molecule has 0 saturated carbocycles. The van der Waals surface area contributed by atoms with Gasteiger partial charge in [0.2, 0.25) is 0 Å². The second-order valence-electron chi connectivity index (χ2n) is 6.09. The van der Waals surface area contributed by atoms with Gasteiger partial charge in [-0.15, -0.1) is 0 Å². The van der Waals surface area contributed by atoms with Gasteiger partial charge in [-0.25, -0.2) is 0 Å². The lowest BCUT2D eigenvalue weighted by Crippen LogP contribution is -2.30. The van der Waals surface area contributed by atoms with Crippen molar-refractivity contribution in [2.45, 2.75) is 53.0 Å². The molecular weight excluding hydrogens is 218 g/mol. The molecule has 0 radical (unpaired) electrons. The molecule has 0 aliphatic heterocycles. The minimum atomic E-state index is 0.597. The highest BCUT2D eigenvalue weighted by atomic mass is 14.9. The van der Waals surface area contributed by atoms with E-state index in [-0.39, 0.29) is 0 Å². The van der Waals surface area contributed by atoms with Crippen LogP contribution in [-0.2, 0) is 6.42 Å². The molecule has 0 aliphatic rings. The fraction of sp³-hybridized carbons (Fsp3) is 0.647. The first-order chi connectivity index (χ1) is 8.52. The molecule has 1 N–H and O–H groups in total. The molecule has 1 aromatic carbocycles. The van der Waals surface area contributed by atoms with E-state index in [1.165, 1.54) is 24.0 Å². The Balaban J connectivity index is 2.54. The normalized spacial score (nSPS) is 14.8. The third-order valence-electron chi connectivity index (χ3n) is 3.70. The molecular formula is C17H29N. The maximum atomic E-state index is 3.48. The van der Waals surface area contributed by atoms with Crippen molar-refractivity contribution >= 4 is 0 Å². The topological polar surface area (TPSA) is 12.0 Å². The van der Waals surface area contributed by atoms with Crippen LogP contribution in [0.3, 0.4) is 0 Å². The fourth-order valence-corrected chi connectivity index (χ4v) is 2.79. The second-order valence-corrected chi connectivity index (χ2v) is 6.09. The summed E-state index contributed by atoms with van der Waals surface area (Å²) in [5.74, 6) is 1.60. The van der Waals surface area contributed by atoms with Gasteiger partial charge in [0.25, 0.3) is 0 Å². The van der Waals surface area contributed by atoms with E-state index in [1.54, 1.807) is 0 Å². The van der Waals surface area contributed by atoms with Gasteiger partial charge in [0.05, 0.1) is 0 Å². The molecule has 0 aliphatic carbocycles. The molecule has 18 heavy (non-hydrogen) atoms. The van der Waals surface area contributed by atoms with E-state index in [4.69, 9.17) is 0 Å². The third-order valence-corrected chi connectivity index (χ3v) is 3.70. The molecule has 1 nitrogen and oxygen atoms in total. The van der Waals surface area contributed by atoms with Crippen LogP contribution in [0.1, 0.15) is 44.7 Å². The Hall–Kier alpha value is -0.820. The Morgan fingerprint density at radius 3 is 2.28 bits per heavy atom. The summed E-state index contributed by atoms with van der Waals surface area (Å²) in [6, 6.07) is 9.33. The van der Waals surface area contributed by atoms with Gasteiger partial charge >= 0.3 is 0 Å². The molecule has 0 spiro atoms. The minimum Gasteiger partial charge on any atom is -0.317 e. The quantitative estimate of drug-likeness (QED) is 0.761. The monoisotopic (exact) mass is 247 g/mol. The van der Waals surface area contributed by atoms with E-state index in [1.807, 2.05) is 0 Å². The number of nitrogens with one attached hydrogen (secondary N) is 1.